The van der Waals surface area contributed by atoms with E-state index in [1.54, 1.807) is 0 Å². The van der Waals surface area contributed by atoms with Crippen molar-refractivity contribution in [2.45, 2.75) is 6.42 Å². The molecule has 2 heterocycles. The van der Waals surface area contributed by atoms with Crippen molar-refractivity contribution in [1.82, 2.24) is 4.98 Å². The van der Waals surface area contributed by atoms with Crippen LogP contribution in [0, 0.1) is 0 Å². The van der Waals surface area contributed by atoms with E-state index in [9.17, 15) is 0 Å². The van der Waals surface area contributed by atoms with Crippen LogP contribution >= 0.6 is 0 Å². The van der Waals surface area contributed by atoms with Gasteiger partial charge < -0.3 is 5.32 Å². The smallest absolute Gasteiger partial charge is 0.0708 e. The maximum atomic E-state index is 4.42. The fraction of sp³-hybridized carbons (Fsp3) is 0.118. The molecule has 4 rings (SSSR count). The van der Waals surface area contributed by atoms with E-state index >= 15 is 0 Å². The molecule has 2 heteroatoms. The predicted octanol–water partition coefficient (Wildman–Crippen LogP) is 3.87. The molecule has 1 aliphatic rings. The van der Waals surface area contributed by atoms with Gasteiger partial charge in [-0.1, -0.05) is 30.3 Å². The summed E-state index contributed by atoms with van der Waals surface area (Å²) in [5.41, 5.74) is 6.25. The van der Waals surface area contributed by atoms with Crippen LogP contribution in [0.1, 0.15) is 5.56 Å². The van der Waals surface area contributed by atoms with Gasteiger partial charge in [-0.05, 0) is 41.3 Å². The molecule has 0 spiro atoms. The van der Waals surface area contributed by atoms with E-state index in [0.29, 0.717) is 0 Å². The summed E-state index contributed by atoms with van der Waals surface area (Å²) in [6, 6.07) is 17.1. The zero-order valence-electron chi connectivity index (χ0n) is 10.6. The van der Waals surface area contributed by atoms with Crippen molar-refractivity contribution >= 4 is 16.6 Å². The summed E-state index contributed by atoms with van der Waals surface area (Å²) < 4.78 is 0. The minimum absolute atomic E-state index is 1.05. The van der Waals surface area contributed by atoms with Crippen molar-refractivity contribution in [2.24, 2.45) is 0 Å². The van der Waals surface area contributed by atoms with Crippen molar-refractivity contribution in [3.05, 3.63) is 60.3 Å². The molecule has 1 aliphatic heterocycles. The highest BCUT2D eigenvalue weighted by Crippen LogP contribution is 2.32. The van der Waals surface area contributed by atoms with Gasteiger partial charge in [0.05, 0.1) is 5.52 Å². The highest BCUT2D eigenvalue weighted by molar-refractivity contribution is 5.95. The van der Waals surface area contributed by atoms with Crippen LogP contribution in [0.3, 0.4) is 0 Å². The first-order chi connectivity index (χ1) is 9.42. The van der Waals surface area contributed by atoms with Gasteiger partial charge in [-0.3, -0.25) is 4.98 Å². The Bertz CT molecular complexity index is 757. The number of benzene rings is 2. The van der Waals surface area contributed by atoms with Crippen LogP contribution in [0.15, 0.2) is 54.7 Å². The molecular weight excluding hydrogens is 232 g/mol. The first kappa shape index (κ1) is 10.6. The number of pyridine rings is 1. The molecule has 1 aromatic heterocycles. The summed E-state index contributed by atoms with van der Waals surface area (Å²) in [4.78, 5) is 4.42. The van der Waals surface area contributed by atoms with Gasteiger partial charge in [0.25, 0.3) is 0 Å². The fourth-order valence-electron chi connectivity index (χ4n) is 2.81. The first-order valence-corrected chi connectivity index (χ1v) is 6.63. The number of aromatic nitrogens is 1. The second-order valence-corrected chi connectivity index (χ2v) is 4.92. The van der Waals surface area contributed by atoms with Gasteiger partial charge in [-0.15, -0.1) is 0 Å². The maximum Gasteiger partial charge on any atom is 0.0708 e. The quantitative estimate of drug-likeness (QED) is 0.705. The standard InChI is InChI=1S/C17H14N2/c1-3-14(15-4-2-9-18-16(15)5-1)13-7-6-12-8-10-19-17(12)11-13/h1-7,9,11,19H,8,10H2. The van der Waals surface area contributed by atoms with Crippen LogP contribution in [0.2, 0.25) is 0 Å². The average Bonchev–Trinajstić information content (AvgIpc) is 2.94. The zero-order chi connectivity index (χ0) is 12.7. The molecule has 92 valence electrons. The van der Waals surface area contributed by atoms with Gasteiger partial charge in [0.1, 0.15) is 0 Å². The van der Waals surface area contributed by atoms with E-state index in [0.717, 1.165) is 18.5 Å². The molecule has 0 amide bonds. The van der Waals surface area contributed by atoms with E-state index in [1.165, 1.54) is 27.8 Å². The minimum atomic E-state index is 1.05. The molecule has 1 N–H and O–H groups in total. The Balaban J connectivity index is 1.95. The second kappa shape index (κ2) is 4.09. The topological polar surface area (TPSA) is 24.9 Å². The number of nitrogens with one attached hydrogen (secondary N) is 1. The van der Waals surface area contributed by atoms with Crippen molar-refractivity contribution in [3.8, 4) is 11.1 Å². The Hall–Kier alpha value is -2.35. The Morgan fingerprint density at radius 3 is 3.00 bits per heavy atom. The molecule has 0 saturated heterocycles. The van der Waals surface area contributed by atoms with Crippen molar-refractivity contribution in [2.75, 3.05) is 11.9 Å². The summed E-state index contributed by atoms with van der Waals surface area (Å²) in [7, 11) is 0. The van der Waals surface area contributed by atoms with E-state index in [4.69, 9.17) is 0 Å². The summed E-state index contributed by atoms with van der Waals surface area (Å²) in [6.45, 7) is 1.05. The SMILES string of the molecule is c1cc(-c2ccc3c(c2)NCC3)c2cccnc2c1. The Morgan fingerprint density at radius 2 is 2.00 bits per heavy atom. The average molecular weight is 246 g/mol. The molecule has 0 aliphatic carbocycles. The van der Waals surface area contributed by atoms with Crippen molar-refractivity contribution in [3.63, 3.8) is 0 Å². The summed E-state index contributed by atoms with van der Waals surface area (Å²) in [5, 5.41) is 4.65. The molecule has 2 aromatic carbocycles. The van der Waals surface area contributed by atoms with Gasteiger partial charge >= 0.3 is 0 Å². The number of nitrogens with zero attached hydrogens (tertiary/aromatic N) is 1. The highest BCUT2D eigenvalue weighted by Gasteiger charge is 2.11. The molecule has 3 aromatic rings. The highest BCUT2D eigenvalue weighted by atomic mass is 14.9. The van der Waals surface area contributed by atoms with Gasteiger partial charge in [0.2, 0.25) is 0 Å². The van der Waals surface area contributed by atoms with Crippen molar-refractivity contribution < 1.29 is 0 Å². The summed E-state index contributed by atoms with van der Waals surface area (Å²) in [5.74, 6) is 0. The summed E-state index contributed by atoms with van der Waals surface area (Å²) >= 11 is 0. The van der Waals surface area contributed by atoms with E-state index in [1.807, 2.05) is 12.3 Å². The Labute approximate surface area is 112 Å². The number of hydrogen-bond acceptors (Lipinski definition) is 2. The molecule has 0 radical (unpaired) electrons. The van der Waals surface area contributed by atoms with Crippen molar-refractivity contribution in [1.29, 1.82) is 0 Å². The number of rotatable bonds is 1. The molecule has 0 fully saturated rings. The molecule has 0 bridgehead atoms. The lowest BCUT2D eigenvalue weighted by molar-refractivity contribution is 1.11. The van der Waals surface area contributed by atoms with Gasteiger partial charge in [-0.25, -0.2) is 0 Å². The third-order valence-electron chi connectivity index (χ3n) is 3.78. The lowest BCUT2D eigenvalue weighted by Crippen LogP contribution is -1.91. The predicted molar refractivity (Wildman–Crippen MR) is 79.4 cm³/mol. The lowest BCUT2D eigenvalue weighted by atomic mass is 9.99. The minimum Gasteiger partial charge on any atom is -0.384 e. The van der Waals surface area contributed by atoms with Crippen LogP contribution in [-0.2, 0) is 6.42 Å². The van der Waals surface area contributed by atoms with E-state index in [-0.39, 0.29) is 0 Å². The number of anilines is 1. The van der Waals surface area contributed by atoms with Gasteiger partial charge in [0, 0.05) is 23.8 Å². The molecular formula is C17H14N2. The summed E-state index contributed by atoms with van der Waals surface area (Å²) in [6.07, 6.45) is 2.98. The monoisotopic (exact) mass is 246 g/mol. The number of hydrogen-bond donors (Lipinski definition) is 1. The molecule has 2 nitrogen and oxygen atoms in total. The largest absolute Gasteiger partial charge is 0.384 e. The molecule has 0 unspecified atom stereocenters. The van der Waals surface area contributed by atoms with Crippen LogP contribution in [0.5, 0.6) is 0 Å². The third kappa shape index (κ3) is 1.68. The molecule has 0 saturated carbocycles. The maximum absolute atomic E-state index is 4.42. The van der Waals surface area contributed by atoms with Gasteiger partial charge in [-0.2, -0.15) is 0 Å². The number of fused-ring (bicyclic) bond motifs is 2. The van der Waals surface area contributed by atoms with E-state index < -0.39 is 0 Å². The Morgan fingerprint density at radius 1 is 1.00 bits per heavy atom. The normalized spacial score (nSPS) is 13.3. The van der Waals surface area contributed by atoms with E-state index in [2.05, 4.69) is 52.8 Å². The van der Waals surface area contributed by atoms with Gasteiger partial charge in [0.15, 0.2) is 0 Å². The van der Waals surface area contributed by atoms with Crippen LogP contribution in [-0.4, -0.2) is 11.5 Å². The zero-order valence-corrected chi connectivity index (χ0v) is 10.6. The third-order valence-corrected chi connectivity index (χ3v) is 3.78. The molecule has 19 heavy (non-hydrogen) atoms. The second-order valence-electron chi connectivity index (χ2n) is 4.92. The lowest BCUT2D eigenvalue weighted by Gasteiger charge is -2.08. The fourth-order valence-corrected chi connectivity index (χ4v) is 2.81. The van der Waals surface area contributed by atoms with Crippen LogP contribution in [0.4, 0.5) is 5.69 Å². The molecule has 0 atom stereocenters. The Kier molecular flexibility index (Phi) is 2.27. The van der Waals surface area contributed by atoms with Crippen LogP contribution in [0.25, 0.3) is 22.0 Å². The van der Waals surface area contributed by atoms with Crippen LogP contribution < -0.4 is 5.32 Å². The first-order valence-electron chi connectivity index (χ1n) is 6.63.